The molecule has 2 rings (SSSR count). The van der Waals surface area contributed by atoms with Crippen molar-refractivity contribution < 1.29 is 19.5 Å². The average Bonchev–Trinajstić information content (AvgIpc) is 3.00. The van der Waals surface area contributed by atoms with Crippen LogP contribution >= 0.6 is 11.8 Å². The first-order valence-corrected chi connectivity index (χ1v) is 9.50. The van der Waals surface area contributed by atoms with Gasteiger partial charge in [-0.3, -0.25) is 14.4 Å². The van der Waals surface area contributed by atoms with Gasteiger partial charge in [-0.05, 0) is 18.8 Å². The molecule has 2 heterocycles. The fraction of sp³-hybridized carbons (Fsp3) is 0.812. The zero-order valence-corrected chi connectivity index (χ0v) is 14.7. The molecule has 6 nitrogen and oxygen atoms in total. The van der Waals surface area contributed by atoms with Crippen LogP contribution in [0, 0.1) is 11.8 Å². The molecule has 23 heavy (non-hydrogen) atoms. The number of hydrogen-bond acceptors (Lipinski definition) is 4. The normalized spacial score (nSPS) is 28.0. The number of unbranched alkanes of at least 4 members (excludes halogenated alkanes) is 1. The van der Waals surface area contributed by atoms with E-state index in [0.717, 1.165) is 12.8 Å². The molecule has 2 amide bonds. The van der Waals surface area contributed by atoms with Crippen LogP contribution in [-0.4, -0.2) is 63.5 Å². The number of carbonyl (C=O) groups excluding carboxylic acids is 2. The number of likely N-dealkylation sites (tertiary alicyclic amines) is 1. The number of hydrogen-bond donors (Lipinski definition) is 1. The maximum atomic E-state index is 12.8. The Morgan fingerprint density at radius 3 is 2.65 bits per heavy atom. The first kappa shape index (κ1) is 18.1. The van der Waals surface area contributed by atoms with Crippen molar-refractivity contribution in [3.8, 4) is 0 Å². The highest BCUT2D eigenvalue weighted by atomic mass is 32.2. The lowest BCUT2D eigenvalue weighted by atomic mass is 9.87. The molecule has 2 fully saturated rings. The van der Waals surface area contributed by atoms with Gasteiger partial charge in [0, 0.05) is 25.3 Å². The summed E-state index contributed by atoms with van der Waals surface area (Å²) in [6.45, 7) is 4.86. The molecule has 0 spiro atoms. The quantitative estimate of drug-likeness (QED) is 0.822. The van der Waals surface area contributed by atoms with Crippen LogP contribution in [0.25, 0.3) is 0 Å². The van der Waals surface area contributed by atoms with Crippen molar-refractivity contribution >= 4 is 29.5 Å². The molecular weight excluding hydrogens is 316 g/mol. The Kier molecular flexibility index (Phi) is 6.33. The van der Waals surface area contributed by atoms with Gasteiger partial charge in [-0.15, -0.1) is 11.8 Å². The third kappa shape index (κ3) is 4.19. The molecule has 3 unspecified atom stereocenters. The summed E-state index contributed by atoms with van der Waals surface area (Å²) in [5.41, 5.74) is 0. The number of carboxylic acid groups (broad SMARTS) is 1. The summed E-state index contributed by atoms with van der Waals surface area (Å²) in [6.07, 6.45) is 2.80. The van der Waals surface area contributed by atoms with Crippen LogP contribution in [0.1, 0.15) is 39.5 Å². The highest BCUT2D eigenvalue weighted by molar-refractivity contribution is 7.99. The number of amides is 2. The summed E-state index contributed by atoms with van der Waals surface area (Å²) < 4.78 is 0. The van der Waals surface area contributed by atoms with E-state index in [4.69, 9.17) is 0 Å². The van der Waals surface area contributed by atoms with Crippen LogP contribution in [-0.2, 0) is 14.4 Å². The van der Waals surface area contributed by atoms with Gasteiger partial charge in [-0.2, -0.15) is 0 Å². The Morgan fingerprint density at radius 2 is 2.04 bits per heavy atom. The molecule has 0 aromatic carbocycles. The van der Waals surface area contributed by atoms with Gasteiger partial charge in [-0.1, -0.05) is 20.3 Å². The van der Waals surface area contributed by atoms with Crippen LogP contribution in [0.15, 0.2) is 0 Å². The molecule has 0 bridgehead atoms. The highest BCUT2D eigenvalue weighted by Gasteiger charge is 2.40. The molecule has 3 atom stereocenters. The lowest BCUT2D eigenvalue weighted by Crippen LogP contribution is -2.53. The summed E-state index contributed by atoms with van der Waals surface area (Å²) in [6, 6.07) is -0.377. The third-order valence-electron chi connectivity index (χ3n) is 4.77. The van der Waals surface area contributed by atoms with Gasteiger partial charge in [0.25, 0.3) is 0 Å². The fourth-order valence-corrected chi connectivity index (χ4v) is 4.46. The van der Waals surface area contributed by atoms with Gasteiger partial charge < -0.3 is 14.9 Å². The molecule has 7 heteroatoms. The Hall–Kier alpha value is -1.24. The molecule has 2 aliphatic heterocycles. The maximum absolute atomic E-state index is 12.8. The van der Waals surface area contributed by atoms with Gasteiger partial charge in [0.15, 0.2) is 0 Å². The highest BCUT2D eigenvalue weighted by Crippen LogP contribution is 2.28. The first-order valence-electron chi connectivity index (χ1n) is 8.34. The van der Waals surface area contributed by atoms with Crippen molar-refractivity contribution in [2.45, 2.75) is 45.6 Å². The lowest BCUT2D eigenvalue weighted by Gasteiger charge is -2.37. The number of thioether (sulfide) groups is 1. The predicted molar refractivity (Wildman–Crippen MR) is 89.0 cm³/mol. The van der Waals surface area contributed by atoms with Crippen LogP contribution < -0.4 is 0 Å². The van der Waals surface area contributed by atoms with E-state index in [2.05, 4.69) is 0 Å². The average molecular weight is 342 g/mol. The summed E-state index contributed by atoms with van der Waals surface area (Å²) in [5, 5.41) is 9.18. The van der Waals surface area contributed by atoms with Crippen LogP contribution in [0.5, 0.6) is 0 Å². The van der Waals surface area contributed by atoms with Crippen molar-refractivity contribution in [2.75, 3.05) is 24.7 Å². The van der Waals surface area contributed by atoms with Crippen molar-refractivity contribution in [1.29, 1.82) is 0 Å². The smallest absolute Gasteiger partial charge is 0.306 e. The Bertz CT molecular complexity index is 471. The number of piperidine rings is 1. The Balaban J connectivity index is 1.97. The molecule has 130 valence electrons. The monoisotopic (exact) mass is 342 g/mol. The van der Waals surface area contributed by atoms with Crippen LogP contribution in [0.3, 0.4) is 0 Å². The second kappa shape index (κ2) is 8.04. The largest absolute Gasteiger partial charge is 0.481 e. The van der Waals surface area contributed by atoms with E-state index in [1.165, 1.54) is 0 Å². The summed E-state index contributed by atoms with van der Waals surface area (Å²) in [5.74, 6) is 0.0590. The summed E-state index contributed by atoms with van der Waals surface area (Å²) in [4.78, 5) is 39.7. The second-order valence-corrected chi connectivity index (χ2v) is 7.48. The topological polar surface area (TPSA) is 77.9 Å². The van der Waals surface area contributed by atoms with Gasteiger partial charge in [0.05, 0.1) is 11.8 Å². The fourth-order valence-electron chi connectivity index (χ4n) is 3.29. The standard InChI is InChI=1S/C16H26N2O4S/c1-3-4-5-14(19)18-10-23-9-13(18)15(20)17-7-6-12(16(21)22)11(2)8-17/h11-13H,3-10H2,1-2H3,(H,21,22). The molecule has 2 aliphatic rings. The molecule has 2 saturated heterocycles. The maximum Gasteiger partial charge on any atom is 0.306 e. The number of rotatable bonds is 5. The molecular formula is C16H26N2O4S. The van der Waals surface area contributed by atoms with E-state index in [9.17, 15) is 19.5 Å². The molecule has 0 aliphatic carbocycles. The zero-order chi connectivity index (χ0) is 17.0. The zero-order valence-electron chi connectivity index (χ0n) is 13.9. The minimum atomic E-state index is -0.780. The van der Waals surface area contributed by atoms with Crippen molar-refractivity contribution in [2.24, 2.45) is 11.8 Å². The summed E-state index contributed by atoms with van der Waals surface area (Å²) in [7, 11) is 0. The van der Waals surface area contributed by atoms with E-state index in [-0.39, 0.29) is 29.7 Å². The third-order valence-corrected chi connectivity index (χ3v) is 5.78. The number of nitrogens with zero attached hydrogens (tertiary/aromatic N) is 2. The first-order chi connectivity index (χ1) is 11.0. The lowest BCUT2D eigenvalue weighted by molar-refractivity contribution is -0.150. The van der Waals surface area contributed by atoms with E-state index in [0.29, 0.717) is 37.6 Å². The number of aliphatic carboxylic acids is 1. The summed E-state index contributed by atoms with van der Waals surface area (Å²) >= 11 is 1.61. The van der Waals surface area contributed by atoms with E-state index in [1.807, 2.05) is 13.8 Å². The second-order valence-electron chi connectivity index (χ2n) is 6.48. The molecule has 0 aromatic heterocycles. The molecule has 0 radical (unpaired) electrons. The van der Waals surface area contributed by atoms with E-state index in [1.54, 1.807) is 21.6 Å². The van der Waals surface area contributed by atoms with Crippen molar-refractivity contribution in [3.63, 3.8) is 0 Å². The number of carbonyl (C=O) groups is 3. The minimum Gasteiger partial charge on any atom is -0.481 e. The van der Waals surface area contributed by atoms with Gasteiger partial charge in [-0.25, -0.2) is 0 Å². The van der Waals surface area contributed by atoms with Crippen molar-refractivity contribution in [1.82, 2.24) is 9.80 Å². The molecule has 1 N–H and O–H groups in total. The van der Waals surface area contributed by atoms with Crippen molar-refractivity contribution in [3.05, 3.63) is 0 Å². The Labute approximate surface area is 141 Å². The number of carboxylic acids is 1. The molecule has 0 saturated carbocycles. The van der Waals surface area contributed by atoms with Gasteiger partial charge in [0.1, 0.15) is 6.04 Å². The Morgan fingerprint density at radius 1 is 1.30 bits per heavy atom. The minimum absolute atomic E-state index is 0.0180. The van der Waals surface area contributed by atoms with E-state index < -0.39 is 5.97 Å². The molecule has 0 aromatic rings. The van der Waals surface area contributed by atoms with Crippen LogP contribution in [0.2, 0.25) is 0 Å². The van der Waals surface area contributed by atoms with Gasteiger partial charge >= 0.3 is 5.97 Å². The van der Waals surface area contributed by atoms with Gasteiger partial charge in [0.2, 0.25) is 11.8 Å². The van der Waals surface area contributed by atoms with E-state index >= 15 is 0 Å². The SMILES string of the molecule is CCCCC(=O)N1CSCC1C(=O)N1CCC(C(=O)O)C(C)C1. The van der Waals surface area contributed by atoms with Crippen LogP contribution in [0.4, 0.5) is 0 Å². The predicted octanol–water partition coefficient (Wildman–Crippen LogP) is 1.65.